The van der Waals surface area contributed by atoms with Gasteiger partial charge in [0.25, 0.3) is 0 Å². The molecule has 0 aliphatic rings. The summed E-state index contributed by atoms with van der Waals surface area (Å²) < 4.78 is 4.91. The molecule has 0 saturated heterocycles. The van der Waals surface area contributed by atoms with E-state index in [0.717, 1.165) is 4.90 Å². The second-order valence-corrected chi connectivity index (χ2v) is 6.43. The van der Waals surface area contributed by atoms with Crippen molar-refractivity contribution in [3.8, 4) is 0 Å². The Bertz CT molecular complexity index is 886. The van der Waals surface area contributed by atoms with Gasteiger partial charge >= 0.3 is 5.76 Å². The van der Waals surface area contributed by atoms with Crippen molar-refractivity contribution in [2.24, 2.45) is 0 Å². The van der Waals surface area contributed by atoms with Gasteiger partial charge < -0.3 is 9.73 Å². The van der Waals surface area contributed by atoms with Crippen LogP contribution in [0.3, 0.4) is 0 Å². The Labute approximate surface area is 141 Å². The molecule has 0 saturated carbocycles. The number of aromatic amines is 1. The lowest BCUT2D eigenvalue weighted by Crippen LogP contribution is -2.12. The topological polar surface area (TPSA) is 75.1 Å². The lowest BCUT2D eigenvalue weighted by atomic mass is 10.3. The van der Waals surface area contributed by atoms with E-state index in [-0.39, 0.29) is 5.91 Å². The Kier molecular flexibility index (Phi) is 4.73. The largest absolute Gasteiger partial charge is 0.417 e. The average molecular weight is 349 g/mol. The molecule has 0 radical (unpaired) electrons. The van der Waals surface area contributed by atoms with Gasteiger partial charge in [-0.2, -0.15) is 0 Å². The molecule has 23 heavy (non-hydrogen) atoms. The number of rotatable bonds is 5. The summed E-state index contributed by atoms with van der Waals surface area (Å²) in [5.74, 6) is 0.0672. The Balaban J connectivity index is 1.53. The van der Waals surface area contributed by atoms with Crippen LogP contribution in [0.1, 0.15) is 6.42 Å². The van der Waals surface area contributed by atoms with Gasteiger partial charge in [0.15, 0.2) is 5.58 Å². The smallest absolute Gasteiger partial charge is 0.408 e. The predicted molar refractivity (Wildman–Crippen MR) is 92.3 cm³/mol. The number of hydrogen-bond acceptors (Lipinski definition) is 4. The third kappa shape index (κ3) is 4.18. The van der Waals surface area contributed by atoms with Crippen molar-refractivity contribution >= 4 is 46.1 Å². The molecule has 118 valence electrons. The zero-order valence-electron chi connectivity index (χ0n) is 12.0. The van der Waals surface area contributed by atoms with Crippen LogP contribution in [0.2, 0.25) is 5.02 Å². The minimum atomic E-state index is -0.511. The first-order valence-corrected chi connectivity index (χ1v) is 8.27. The van der Waals surface area contributed by atoms with Gasteiger partial charge in [-0.25, -0.2) is 4.79 Å². The summed E-state index contributed by atoms with van der Waals surface area (Å²) in [5, 5.41) is 3.50. The van der Waals surface area contributed by atoms with E-state index in [1.807, 2.05) is 24.3 Å². The molecule has 0 bridgehead atoms. The summed E-state index contributed by atoms with van der Waals surface area (Å²) >= 11 is 7.42. The van der Waals surface area contributed by atoms with E-state index in [2.05, 4.69) is 10.3 Å². The van der Waals surface area contributed by atoms with Gasteiger partial charge in [0, 0.05) is 27.8 Å². The first-order valence-electron chi connectivity index (χ1n) is 6.91. The summed E-state index contributed by atoms with van der Waals surface area (Å²) in [6, 6.07) is 12.5. The first kappa shape index (κ1) is 15.7. The number of thioether (sulfide) groups is 1. The molecular weight excluding hydrogens is 336 g/mol. The summed E-state index contributed by atoms with van der Waals surface area (Å²) in [5.41, 5.74) is 1.64. The Morgan fingerprint density at radius 2 is 2.00 bits per heavy atom. The van der Waals surface area contributed by atoms with Crippen molar-refractivity contribution < 1.29 is 9.21 Å². The van der Waals surface area contributed by atoms with Crippen molar-refractivity contribution in [1.29, 1.82) is 0 Å². The van der Waals surface area contributed by atoms with Gasteiger partial charge in [-0.05, 0) is 42.5 Å². The number of hydrogen-bond donors (Lipinski definition) is 2. The van der Waals surface area contributed by atoms with Crippen LogP contribution in [0.25, 0.3) is 11.1 Å². The third-order valence-electron chi connectivity index (χ3n) is 3.11. The van der Waals surface area contributed by atoms with Gasteiger partial charge in [0.1, 0.15) is 0 Å². The number of nitrogens with one attached hydrogen (secondary N) is 2. The van der Waals surface area contributed by atoms with Crippen LogP contribution in [-0.4, -0.2) is 16.6 Å². The van der Waals surface area contributed by atoms with Gasteiger partial charge in [-0.15, -0.1) is 11.8 Å². The highest BCUT2D eigenvalue weighted by Gasteiger charge is 2.06. The molecule has 3 aromatic rings. The number of amides is 1. The van der Waals surface area contributed by atoms with E-state index in [0.29, 0.717) is 34.0 Å². The quantitative estimate of drug-likeness (QED) is 0.686. The van der Waals surface area contributed by atoms with Crippen molar-refractivity contribution in [1.82, 2.24) is 4.98 Å². The number of H-pyrrole nitrogens is 1. The maximum atomic E-state index is 12.0. The van der Waals surface area contributed by atoms with Gasteiger partial charge in [-0.1, -0.05) is 11.6 Å². The highest BCUT2D eigenvalue weighted by molar-refractivity contribution is 7.99. The number of halogens is 1. The number of aromatic nitrogens is 1. The van der Waals surface area contributed by atoms with Gasteiger partial charge in [0.2, 0.25) is 5.91 Å². The molecule has 1 amide bonds. The normalized spacial score (nSPS) is 10.8. The molecule has 2 N–H and O–H groups in total. The molecule has 0 spiro atoms. The molecule has 5 nitrogen and oxygen atoms in total. The number of benzene rings is 2. The van der Waals surface area contributed by atoms with Crippen LogP contribution in [-0.2, 0) is 4.79 Å². The summed E-state index contributed by atoms with van der Waals surface area (Å²) in [6.45, 7) is 0. The van der Waals surface area contributed by atoms with Crippen molar-refractivity contribution in [2.75, 3.05) is 11.1 Å². The highest BCUT2D eigenvalue weighted by Crippen LogP contribution is 2.21. The second-order valence-electron chi connectivity index (χ2n) is 4.83. The third-order valence-corrected chi connectivity index (χ3v) is 4.38. The zero-order chi connectivity index (χ0) is 16.2. The fourth-order valence-electron chi connectivity index (χ4n) is 2.05. The maximum absolute atomic E-state index is 12.0. The second kappa shape index (κ2) is 6.93. The van der Waals surface area contributed by atoms with E-state index in [9.17, 15) is 9.59 Å². The monoisotopic (exact) mass is 348 g/mol. The number of fused-ring (bicyclic) bond motifs is 1. The molecule has 1 aromatic heterocycles. The SMILES string of the molecule is O=C(CCSc1ccc(Cl)cc1)Nc1ccc2oc(=O)[nH]c2c1. The number of anilines is 1. The number of carbonyl (C=O) groups excluding carboxylic acids is 1. The average Bonchev–Trinajstić information content (AvgIpc) is 2.88. The molecule has 3 rings (SSSR count). The van der Waals surface area contributed by atoms with Crippen molar-refractivity contribution in [3.05, 3.63) is 58.0 Å². The maximum Gasteiger partial charge on any atom is 0.417 e. The van der Waals surface area contributed by atoms with E-state index in [4.69, 9.17) is 16.0 Å². The van der Waals surface area contributed by atoms with Crippen molar-refractivity contribution in [3.63, 3.8) is 0 Å². The molecule has 2 aromatic carbocycles. The van der Waals surface area contributed by atoms with E-state index >= 15 is 0 Å². The number of carbonyl (C=O) groups is 1. The van der Waals surface area contributed by atoms with E-state index in [1.54, 1.807) is 30.0 Å². The van der Waals surface area contributed by atoms with Gasteiger partial charge in [0.05, 0.1) is 5.52 Å². The Morgan fingerprint density at radius 3 is 2.78 bits per heavy atom. The van der Waals surface area contributed by atoms with E-state index < -0.39 is 5.76 Å². The Morgan fingerprint density at radius 1 is 1.22 bits per heavy atom. The molecule has 1 heterocycles. The van der Waals surface area contributed by atoms with E-state index in [1.165, 1.54) is 0 Å². The van der Waals surface area contributed by atoms with Crippen LogP contribution in [0.5, 0.6) is 0 Å². The first-order chi connectivity index (χ1) is 11.1. The minimum Gasteiger partial charge on any atom is -0.408 e. The molecule has 0 fully saturated rings. The standard InChI is InChI=1S/C16H13ClN2O3S/c17-10-1-4-12(5-2-10)23-8-7-15(20)18-11-3-6-14-13(9-11)19-16(21)22-14/h1-6,9H,7-8H2,(H,18,20)(H,19,21). The zero-order valence-corrected chi connectivity index (χ0v) is 13.5. The summed E-state index contributed by atoms with van der Waals surface area (Å²) in [6.07, 6.45) is 0.382. The lowest BCUT2D eigenvalue weighted by molar-refractivity contribution is -0.115. The molecule has 0 atom stereocenters. The molecule has 0 unspecified atom stereocenters. The molecule has 0 aliphatic heterocycles. The fourth-order valence-corrected chi connectivity index (χ4v) is 3.02. The predicted octanol–water partition coefficient (Wildman–Crippen LogP) is 3.90. The van der Waals surface area contributed by atoms with Crippen LogP contribution in [0, 0.1) is 0 Å². The van der Waals surface area contributed by atoms with Crippen molar-refractivity contribution in [2.45, 2.75) is 11.3 Å². The summed E-state index contributed by atoms with van der Waals surface area (Å²) in [4.78, 5) is 26.7. The van der Waals surface area contributed by atoms with Crippen LogP contribution >= 0.6 is 23.4 Å². The fraction of sp³-hybridized carbons (Fsp3) is 0.125. The summed E-state index contributed by atoms with van der Waals surface area (Å²) in [7, 11) is 0. The minimum absolute atomic E-state index is 0.0864. The molecule has 0 aliphatic carbocycles. The highest BCUT2D eigenvalue weighted by atomic mass is 35.5. The van der Waals surface area contributed by atoms with Gasteiger partial charge in [-0.3, -0.25) is 9.78 Å². The molecule has 7 heteroatoms. The number of oxazole rings is 1. The Hall–Kier alpha value is -2.18. The van der Waals surface area contributed by atoms with Crippen LogP contribution in [0.15, 0.2) is 56.6 Å². The molecular formula is C16H13ClN2O3S. The van der Waals surface area contributed by atoms with Crippen LogP contribution < -0.4 is 11.1 Å². The lowest BCUT2D eigenvalue weighted by Gasteiger charge is -2.05. The van der Waals surface area contributed by atoms with Crippen LogP contribution in [0.4, 0.5) is 5.69 Å².